The summed E-state index contributed by atoms with van der Waals surface area (Å²) in [6.07, 6.45) is 18.7. The summed E-state index contributed by atoms with van der Waals surface area (Å²) in [5.74, 6) is -0.181. The Bertz CT molecular complexity index is 605. The van der Waals surface area contributed by atoms with E-state index in [0.717, 1.165) is 51.3 Å². The summed E-state index contributed by atoms with van der Waals surface area (Å²) in [5.41, 5.74) is 1.15. The van der Waals surface area contributed by atoms with Gasteiger partial charge < -0.3 is 9.84 Å². The largest absolute Gasteiger partial charge is 0.389 e. The zero-order valence-electron chi connectivity index (χ0n) is 22.6. The number of nitrogens with zero attached hydrogens (tertiary/aromatic N) is 2. The zero-order chi connectivity index (χ0) is 25.0. The Hall–Kier alpha value is -1.01. The van der Waals surface area contributed by atoms with Crippen molar-refractivity contribution in [2.24, 2.45) is 0 Å². The number of piperazine rings is 1. The van der Waals surface area contributed by atoms with Gasteiger partial charge in [-0.1, -0.05) is 103 Å². The Balaban J connectivity index is 1.33. The third-order valence-corrected chi connectivity index (χ3v) is 7.21. The third-order valence-electron chi connectivity index (χ3n) is 7.21. The molecule has 2 rings (SSSR count). The van der Waals surface area contributed by atoms with Crippen LogP contribution in [0.4, 0.5) is 4.39 Å². The molecule has 1 heterocycles. The molecule has 1 aliphatic heterocycles. The van der Waals surface area contributed by atoms with Gasteiger partial charge in [-0.3, -0.25) is 9.80 Å². The molecule has 0 amide bonds. The van der Waals surface area contributed by atoms with E-state index >= 15 is 0 Å². The van der Waals surface area contributed by atoms with Crippen LogP contribution in [0, 0.1) is 5.82 Å². The topological polar surface area (TPSA) is 35.9 Å². The normalized spacial score (nSPS) is 16.1. The second-order valence-corrected chi connectivity index (χ2v) is 10.5. The average molecular weight is 493 g/mol. The van der Waals surface area contributed by atoms with Crippen LogP contribution in [0.1, 0.15) is 102 Å². The molecular formula is C30H53FN2O2. The van der Waals surface area contributed by atoms with Crippen LogP contribution in [0.3, 0.4) is 0 Å². The number of hydrogen-bond donors (Lipinski definition) is 1. The van der Waals surface area contributed by atoms with Gasteiger partial charge in [-0.25, -0.2) is 4.39 Å². The van der Waals surface area contributed by atoms with Crippen LogP contribution >= 0.6 is 0 Å². The van der Waals surface area contributed by atoms with Gasteiger partial charge in [0, 0.05) is 45.9 Å². The smallest absolute Gasteiger partial charge is 0.123 e. The van der Waals surface area contributed by atoms with E-state index in [-0.39, 0.29) is 5.82 Å². The van der Waals surface area contributed by atoms with Crippen LogP contribution in [0.2, 0.25) is 0 Å². The first-order chi connectivity index (χ1) is 17.2. The second kappa shape index (κ2) is 20.1. The van der Waals surface area contributed by atoms with Crippen molar-refractivity contribution in [3.8, 4) is 0 Å². The molecular weight excluding hydrogens is 439 g/mol. The maximum Gasteiger partial charge on any atom is 0.123 e. The lowest BCUT2D eigenvalue weighted by molar-refractivity contribution is 0.00559. The quantitative estimate of drug-likeness (QED) is 0.191. The Morgan fingerprint density at radius 3 is 1.77 bits per heavy atom. The van der Waals surface area contributed by atoms with Crippen molar-refractivity contribution >= 4 is 0 Å². The van der Waals surface area contributed by atoms with E-state index in [1.165, 1.54) is 95.6 Å². The number of rotatable bonds is 21. The first-order valence-corrected chi connectivity index (χ1v) is 14.6. The molecule has 1 aliphatic rings. The Labute approximate surface area is 215 Å². The van der Waals surface area contributed by atoms with Gasteiger partial charge in [0.15, 0.2) is 0 Å². The van der Waals surface area contributed by atoms with Crippen LogP contribution in [0.5, 0.6) is 0 Å². The molecule has 1 atom stereocenters. The zero-order valence-corrected chi connectivity index (χ0v) is 22.6. The standard InChI is InChI=1S/C30H53FN2O2/c1-2-3-4-5-6-7-8-9-10-11-12-13-14-15-24-35-27-30(34)26-33-22-20-32(21-23-33)25-28-16-18-29(31)19-17-28/h16-19,30,34H,2-15,20-27H2,1H3. The number of aliphatic hydroxyl groups is 1. The van der Waals surface area contributed by atoms with Gasteiger partial charge in [0.25, 0.3) is 0 Å². The highest BCUT2D eigenvalue weighted by Crippen LogP contribution is 2.13. The number of β-amino-alcohol motifs (C(OH)–C–C–N with tert-alkyl or cyclic N) is 1. The monoisotopic (exact) mass is 492 g/mol. The van der Waals surface area contributed by atoms with Gasteiger partial charge in [0.05, 0.1) is 12.7 Å². The maximum atomic E-state index is 13.1. The van der Waals surface area contributed by atoms with Crippen molar-refractivity contribution in [3.05, 3.63) is 35.6 Å². The van der Waals surface area contributed by atoms with Crippen LogP contribution in [-0.4, -0.2) is 66.9 Å². The summed E-state index contributed by atoms with van der Waals surface area (Å²) in [7, 11) is 0. The average Bonchev–Trinajstić information content (AvgIpc) is 2.86. The molecule has 1 unspecified atom stereocenters. The van der Waals surface area contributed by atoms with Crippen molar-refractivity contribution in [1.82, 2.24) is 9.80 Å². The molecule has 202 valence electrons. The highest BCUT2D eigenvalue weighted by atomic mass is 19.1. The van der Waals surface area contributed by atoms with Crippen LogP contribution in [-0.2, 0) is 11.3 Å². The molecule has 0 spiro atoms. The molecule has 4 nitrogen and oxygen atoms in total. The molecule has 1 fully saturated rings. The van der Waals surface area contributed by atoms with Crippen molar-refractivity contribution in [1.29, 1.82) is 0 Å². The van der Waals surface area contributed by atoms with Crippen molar-refractivity contribution in [2.75, 3.05) is 45.9 Å². The maximum absolute atomic E-state index is 13.1. The number of ether oxygens (including phenoxy) is 1. The first-order valence-electron chi connectivity index (χ1n) is 14.6. The summed E-state index contributed by atoms with van der Waals surface area (Å²) in [4.78, 5) is 4.71. The van der Waals surface area contributed by atoms with Crippen LogP contribution < -0.4 is 0 Å². The third kappa shape index (κ3) is 15.7. The van der Waals surface area contributed by atoms with E-state index in [0.29, 0.717) is 13.2 Å². The van der Waals surface area contributed by atoms with Gasteiger partial charge in [-0.15, -0.1) is 0 Å². The molecule has 1 N–H and O–H groups in total. The molecule has 0 saturated carbocycles. The molecule has 0 radical (unpaired) electrons. The van der Waals surface area contributed by atoms with Crippen molar-refractivity contribution < 1.29 is 14.2 Å². The number of aliphatic hydroxyl groups excluding tert-OH is 1. The van der Waals surface area contributed by atoms with E-state index in [9.17, 15) is 9.50 Å². The van der Waals surface area contributed by atoms with E-state index in [1.807, 2.05) is 12.1 Å². The Kier molecular flexibility index (Phi) is 17.3. The fourth-order valence-corrected chi connectivity index (χ4v) is 4.95. The van der Waals surface area contributed by atoms with E-state index in [4.69, 9.17) is 4.74 Å². The van der Waals surface area contributed by atoms with Gasteiger partial charge in [-0.2, -0.15) is 0 Å². The summed E-state index contributed by atoms with van der Waals surface area (Å²) in [6.45, 7) is 8.89. The number of benzene rings is 1. The summed E-state index contributed by atoms with van der Waals surface area (Å²) in [6, 6.07) is 6.78. The van der Waals surface area contributed by atoms with Gasteiger partial charge >= 0.3 is 0 Å². The Morgan fingerprint density at radius 1 is 0.743 bits per heavy atom. The minimum atomic E-state index is -0.412. The van der Waals surface area contributed by atoms with Gasteiger partial charge in [0.2, 0.25) is 0 Å². The van der Waals surface area contributed by atoms with Gasteiger partial charge in [0.1, 0.15) is 5.82 Å². The summed E-state index contributed by atoms with van der Waals surface area (Å²) < 4.78 is 18.8. The highest BCUT2D eigenvalue weighted by Gasteiger charge is 2.19. The lowest BCUT2D eigenvalue weighted by Gasteiger charge is -2.35. The molecule has 1 saturated heterocycles. The highest BCUT2D eigenvalue weighted by molar-refractivity contribution is 5.15. The lowest BCUT2D eigenvalue weighted by Crippen LogP contribution is -2.48. The minimum absolute atomic E-state index is 0.181. The minimum Gasteiger partial charge on any atom is -0.389 e. The lowest BCUT2D eigenvalue weighted by atomic mass is 10.0. The van der Waals surface area contributed by atoms with Gasteiger partial charge in [-0.05, 0) is 24.1 Å². The molecule has 35 heavy (non-hydrogen) atoms. The number of hydrogen-bond acceptors (Lipinski definition) is 4. The van der Waals surface area contributed by atoms with E-state index < -0.39 is 6.10 Å². The van der Waals surface area contributed by atoms with Crippen LogP contribution in [0.15, 0.2) is 24.3 Å². The number of halogens is 1. The molecule has 1 aromatic carbocycles. The van der Waals surface area contributed by atoms with Crippen molar-refractivity contribution in [2.45, 2.75) is 109 Å². The first kappa shape index (κ1) is 30.2. The predicted octanol–water partition coefficient (Wildman–Crippen LogP) is 6.80. The van der Waals surface area contributed by atoms with E-state index in [1.54, 1.807) is 0 Å². The molecule has 0 aromatic heterocycles. The predicted molar refractivity (Wildman–Crippen MR) is 145 cm³/mol. The number of unbranched alkanes of at least 4 members (excludes halogenated alkanes) is 13. The van der Waals surface area contributed by atoms with Crippen LogP contribution in [0.25, 0.3) is 0 Å². The fraction of sp³-hybridized carbons (Fsp3) is 0.800. The SMILES string of the molecule is CCCCCCCCCCCCCCCCOCC(O)CN1CCN(Cc2ccc(F)cc2)CC1. The fourth-order valence-electron chi connectivity index (χ4n) is 4.95. The molecule has 0 aliphatic carbocycles. The Morgan fingerprint density at radius 2 is 1.23 bits per heavy atom. The summed E-state index contributed by atoms with van der Waals surface area (Å²) >= 11 is 0. The van der Waals surface area contributed by atoms with Crippen molar-refractivity contribution in [3.63, 3.8) is 0 Å². The second-order valence-electron chi connectivity index (χ2n) is 10.5. The molecule has 0 bridgehead atoms. The molecule has 5 heteroatoms. The molecule has 1 aromatic rings. The van der Waals surface area contributed by atoms with E-state index in [2.05, 4.69) is 16.7 Å². The summed E-state index contributed by atoms with van der Waals surface area (Å²) in [5, 5.41) is 10.3.